The van der Waals surface area contributed by atoms with Crippen LogP contribution in [0.4, 0.5) is 4.79 Å². The minimum absolute atomic E-state index is 0.00288. The zero-order valence-electron chi connectivity index (χ0n) is 12.2. The van der Waals surface area contributed by atoms with E-state index >= 15 is 0 Å². The normalized spacial score (nSPS) is 18.8. The second-order valence-corrected chi connectivity index (χ2v) is 6.24. The van der Waals surface area contributed by atoms with Crippen molar-refractivity contribution >= 4 is 23.3 Å². The average Bonchev–Trinajstić information content (AvgIpc) is 2.96. The van der Waals surface area contributed by atoms with E-state index in [1.807, 2.05) is 31.4 Å². The molecule has 1 aromatic rings. The van der Waals surface area contributed by atoms with Gasteiger partial charge in [-0.25, -0.2) is 9.59 Å². The summed E-state index contributed by atoms with van der Waals surface area (Å²) in [5, 5.41) is 11.2. The number of morpholine rings is 1. The molecule has 0 saturated carbocycles. The number of ether oxygens (including phenoxy) is 1. The van der Waals surface area contributed by atoms with Crippen molar-refractivity contribution in [1.82, 2.24) is 9.80 Å². The van der Waals surface area contributed by atoms with Crippen LogP contribution < -0.4 is 0 Å². The maximum atomic E-state index is 12.7. The molecule has 0 aliphatic carbocycles. The third-order valence-corrected chi connectivity index (χ3v) is 4.30. The van der Waals surface area contributed by atoms with Gasteiger partial charge in [0, 0.05) is 17.5 Å². The highest BCUT2D eigenvalue weighted by Gasteiger charge is 2.35. The smallest absolute Gasteiger partial charge is 0.328 e. The molecule has 0 radical (unpaired) electrons. The summed E-state index contributed by atoms with van der Waals surface area (Å²) >= 11 is 1.59. The maximum Gasteiger partial charge on any atom is 0.328 e. The predicted molar refractivity (Wildman–Crippen MR) is 79.3 cm³/mol. The molecule has 1 unspecified atom stereocenters. The lowest BCUT2D eigenvalue weighted by molar-refractivity contribution is -0.147. The van der Waals surface area contributed by atoms with E-state index in [9.17, 15) is 14.7 Å². The van der Waals surface area contributed by atoms with Gasteiger partial charge in [0.05, 0.1) is 19.8 Å². The van der Waals surface area contributed by atoms with Crippen molar-refractivity contribution in [3.05, 3.63) is 22.4 Å². The van der Waals surface area contributed by atoms with Crippen molar-refractivity contribution in [3.63, 3.8) is 0 Å². The van der Waals surface area contributed by atoms with Gasteiger partial charge in [0.15, 0.2) is 6.04 Å². The Morgan fingerprint density at radius 1 is 1.57 bits per heavy atom. The molecular weight excluding hydrogens is 292 g/mol. The molecule has 2 amide bonds. The summed E-state index contributed by atoms with van der Waals surface area (Å²) in [5.41, 5.74) is 0. The number of thiophene rings is 1. The van der Waals surface area contributed by atoms with Crippen molar-refractivity contribution in [2.24, 2.45) is 0 Å². The van der Waals surface area contributed by atoms with Crippen molar-refractivity contribution in [1.29, 1.82) is 0 Å². The molecule has 0 spiro atoms. The fourth-order valence-electron chi connectivity index (χ4n) is 2.24. The number of carboxylic acid groups (broad SMARTS) is 1. The number of nitrogens with zero attached hydrogens (tertiary/aromatic N) is 2. The van der Waals surface area contributed by atoms with Crippen LogP contribution >= 0.6 is 11.3 Å². The molecular formula is C14H20N2O4S. The molecule has 6 nitrogen and oxygen atoms in total. The van der Waals surface area contributed by atoms with E-state index in [0.717, 1.165) is 4.88 Å². The van der Waals surface area contributed by atoms with Gasteiger partial charge in [-0.2, -0.15) is 0 Å². The number of carbonyl (C=O) groups excluding carboxylic acids is 1. The number of amides is 2. The van der Waals surface area contributed by atoms with Gasteiger partial charge >= 0.3 is 12.0 Å². The highest BCUT2D eigenvalue weighted by Crippen LogP contribution is 2.18. The molecule has 1 aromatic heterocycles. The van der Waals surface area contributed by atoms with Crippen molar-refractivity contribution in [2.45, 2.75) is 32.5 Å². The van der Waals surface area contributed by atoms with E-state index in [1.54, 1.807) is 16.2 Å². The van der Waals surface area contributed by atoms with E-state index in [-0.39, 0.29) is 18.7 Å². The van der Waals surface area contributed by atoms with E-state index in [2.05, 4.69) is 0 Å². The summed E-state index contributed by atoms with van der Waals surface area (Å²) < 4.78 is 5.18. The number of carboxylic acids is 1. The summed E-state index contributed by atoms with van der Waals surface area (Å²) in [6, 6.07) is 2.76. The number of rotatable bonds is 4. The van der Waals surface area contributed by atoms with Gasteiger partial charge in [0.1, 0.15) is 0 Å². The summed E-state index contributed by atoms with van der Waals surface area (Å²) in [5.74, 6) is -1.03. The Kier molecular flexibility index (Phi) is 5.19. The Hall–Kier alpha value is -1.60. The molecule has 0 aromatic carbocycles. The molecule has 1 aliphatic heterocycles. The monoisotopic (exact) mass is 312 g/mol. The molecule has 1 fully saturated rings. The fourth-order valence-corrected chi connectivity index (χ4v) is 2.95. The standard InChI is InChI=1S/C14H20N2O4S/c1-10(2)16(8-11-4-3-7-21-11)14(19)15-5-6-20-9-12(15)13(17)18/h3-4,7,10,12H,5-6,8-9H2,1-2H3,(H,17,18). The minimum atomic E-state index is -1.03. The van der Waals surface area contributed by atoms with Gasteiger partial charge in [0.25, 0.3) is 0 Å². The zero-order chi connectivity index (χ0) is 15.4. The summed E-state index contributed by atoms with van der Waals surface area (Å²) in [6.07, 6.45) is 0. The van der Waals surface area contributed by atoms with Crippen LogP contribution in [-0.2, 0) is 16.1 Å². The van der Waals surface area contributed by atoms with E-state index in [1.165, 1.54) is 4.90 Å². The first kappa shape index (κ1) is 15.8. The highest BCUT2D eigenvalue weighted by atomic mass is 32.1. The molecule has 1 atom stereocenters. The summed E-state index contributed by atoms with van der Waals surface area (Å²) in [7, 11) is 0. The van der Waals surface area contributed by atoms with Crippen LogP contribution in [0.1, 0.15) is 18.7 Å². The SMILES string of the molecule is CC(C)N(Cc1cccs1)C(=O)N1CCOCC1C(=O)O. The number of urea groups is 1. The van der Waals surface area contributed by atoms with Crippen LogP contribution in [0.2, 0.25) is 0 Å². The summed E-state index contributed by atoms with van der Waals surface area (Å²) in [4.78, 5) is 28.2. The first-order chi connectivity index (χ1) is 10.0. The van der Waals surface area contributed by atoms with Crippen molar-refractivity contribution in [2.75, 3.05) is 19.8 Å². The molecule has 116 valence electrons. The maximum absolute atomic E-state index is 12.7. The van der Waals surface area contributed by atoms with Crippen LogP contribution in [0.5, 0.6) is 0 Å². The number of hydrogen-bond acceptors (Lipinski definition) is 4. The van der Waals surface area contributed by atoms with Crippen LogP contribution in [0.3, 0.4) is 0 Å². The fraction of sp³-hybridized carbons (Fsp3) is 0.571. The quantitative estimate of drug-likeness (QED) is 0.921. The van der Waals surface area contributed by atoms with Crippen LogP contribution in [0.25, 0.3) is 0 Å². The largest absolute Gasteiger partial charge is 0.480 e. The Morgan fingerprint density at radius 2 is 2.33 bits per heavy atom. The molecule has 2 heterocycles. The summed E-state index contributed by atoms with van der Waals surface area (Å²) in [6.45, 7) is 5.09. The van der Waals surface area contributed by atoms with Gasteiger partial charge in [-0.3, -0.25) is 0 Å². The molecule has 1 aliphatic rings. The Labute approximate surface area is 127 Å². The van der Waals surface area contributed by atoms with Crippen LogP contribution in [0.15, 0.2) is 17.5 Å². The first-order valence-corrected chi connectivity index (χ1v) is 7.79. The third-order valence-electron chi connectivity index (χ3n) is 3.43. The van der Waals surface area contributed by atoms with Crippen LogP contribution in [0, 0.1) is 0 Å². The second kappa shape index (κ2) is 6.91. The highest BCUT2D eigenvalue weighted by molar-refractivity contribution is 7.09. The third kappa shape index (κ3) is 3.74. The molecule has 7 heteroatoms. The van der Waals surface area contributed by atoms with Crippen molar-refractivity contribution in [3.8, 4) is 0 Å². The van der Waals surface area contributed by atoms with Gasteiger partial charge in [-0.05, 0) is 25.3 Å². The van der Waals surface area contributed by atoms with Gasteiger partial charge in [-0.15, -0.1) is 11.3 Å². The van der Waals surface area contributed by atoms with E-state index < -0.39 is 12.0 Å². The number of hydrogen-bond donors (Lipinski definition) is 1. The molecule has 1 N–H and O–H groups in total. The molecule has 2 rings (SSSR count). The lowest BCUT2D eigenvalue weighted by Gasteiger charge is -2.38. The second-order valence-electron chi connectivity index (χ2n) is 5.21. The Morgan fingerprint density at radius 3 is 2.90 bits per heavy atom. The molecule has 21 heavy (non-hydrogen) atoms. The van der Waals surface area contributed by atoms with E-state index in [0.29, 0.717) is 19.7 Å². The predicted octanol–water partition coefficient (Wildman–Crippen LogP) is 1.86. The van der Waals surface area contributed by atoms with E-state index in [4.69, 9.17) is 4.74 Å². The lowest BCUT2D eigenvalue weighted by atomic mass is 10.2. The van der Waals surface area contributed by atoms with Crippen molar-refractivity contribution < 1.29 is 19.4 Å². The van der Waals surface area contributed by atoms with Gasteiger partial charge in [0.2, 0.25) is 0 Å². The zero-order valence-corrected chi connectivity index (χ0v) is 13.0. The van der Waals surface area contributed by atoms with Crippen LogP contribution in [-0.4, -0.2) is 58.7 Å². The molecule has 1 saturated heterocycles. The minimum Gasteiger partial charge on any atom is -0.480 e. The average molecular weight is 312 g/mol. The Balaban J connectivity index is 2.14. The van der Waals surface area contributed by atoms with Gasteiger partial charge < -0.3 is 19.6 Å². The first-order valence-electron chi connectivity index (χ1n) is 6.91. The number of carbonyl (C=O) groups is 2. The Bertz CT molecular complexity index is 489. The molecule has 0 bridgehead atoms. The topological polar surface area (TPSA) is 70.1 Å². The lowest BCUT2D eigenvalue weighted by Crippen LogP contribution is -2.57. The van der Waals surface area contributed by atoms with Gasteiger partial charge in [-0.1, -0.05) is 6.07 Å². The number of aliphatic carboxylic acids is 1.